The molecule has 0 aliphatic carbocycles. The lowest BCUT2D eigenvalue weighted by Crippen LogP contribution is -2.36. The number of carboxylic acids is 1. The molecule has 3 N–H and O–H groups in total. The Morgan fingerprint density at radius 1 is 1.00 bits per heavy atom. The minimum atomic E-state index is -0.767. The number of hydrogen-bond acceptors (Lipinski definition) is 8. The standard InChI is InChI=1S/C38H36Cl2N6O5/c1-51-36-23(20-45-14-12-24(21-45)38(49)50)8-10-31(44-36)30-7-3-6-29(35(30)40)28-5-2-4-27(34(28)39)22-13-15-46-32(16-22)42-18-25(37(46)48)17-41-19-26-9-11-33(47)43-26/h2-8,10,13,15-16,18,24,26,41H,9,11-12,14,17,19-21H2,1H3,(H,43,47)(H,49,50). The van der Waals surface area contributed by atoms with Gasteiger partial charge in [-0.3, -0.25) is 23.7 Å². The van der Waals surface area contributed by atoms with Crippen molar-refractivity contribution in [3.63, 3.8) is 0 Å². The van der Waals surface area contributed by atoms with Crippen LogP contribution < -0.4 is 20.9 Å². The Morgan fingerprint density at radius 3 is 2.45 bits per heavy atom. The van der Waals surface area contributed by atoms with E-state index in [0.29, 0.717) is 84.0 Å². The zero-order valence-corrected chi connectivity index (χ0v) is 29.4. The summed E-state index contributed by atoms with van der Waals surface area (Å²) in [5.41, 5.74) is 6.06. The van der Waals surface area contributed by atoms with E-state index in [0.717, 1.165) is 34.2 Å². The lowest BCUT2D eigenvalue weighted by molar-refractivity contribution is -0.141. The zero-order chi connectivity index (χ0) is 35.6. The summed E-state index contributed by atoms with van der Waals surface area (Å²) < 4.78 is 7.17. The maximum Gasteiger partial charge on any atom is 0.307 e. The molecule has 2 aromatic carbocycles. The van der Waals surface area contributed by atoms with E-state index in [4.69, 9.17) is 32.9 Å². The zero-order valence-electron chi connectivity index (χ0n) is 27.9. The second-order valence-corrected chi connectivity index (χ2v) is 13.7. The summed E-state index contributed by atoms with van der Waals surface area (Å²) in [7, 11) is 1.57. The van der Waals surface area contributed by atoms with Crippen LogP contribution >= 0.6 is 23.2 Å². The van der Waals surface area contributed by atoms with E-state index < -0.39 is 5.97 Å². The van der Waals surface area contributed by atoms with Gasteiger partial charge < -0.3 is 20.5 Å². The number of fused-ring (bicyclic) bond motifs is 1. The molecule has 2 atom stereocenters. The van der Waals surface area contributed by atoms with Crippen molar-refractivity contribution in [2.75, 3.05) is 26.7 Å². The summed E-state index contributed by atoms with van der Waals surface area (Å²) in [6, 6.07) is 19.0. The summed E-state index contributed by atoms with van der Waals surface area (Å²) in [5, 5.41) is 16.5. The molecule has 51 heavy (non-hydrogen) atoms. The van der Waals surface area contributed by atoms with Crippen LogP contribution in [-0.4, -0.2) is 69.0 Å². The van der Waals surface area contributed by atoms with Crippen molar-refractivity contribution >= 4 is 40.7 Å². The summed E-state index contributed by atoms with van der Waals surface area (Å²) in [6.07, 6.45) is 5.22. The number of methoxy groups -OCH3 is 1. The summed E-state index contributed by atoms with van der Waals surface area (Å²) in [6.45, 7) is 2.66. The fourth-order valence-corrected chi connectivity index (χ4v) is 7.51. The molecule has 0 spiro atoms. The number of carbonyl (C=O) groups is 2. The number of likely N-dealkylation sites (tertiary alicyclic amines) is 1. The first kappa shape index (κ1) is 34.6. The molecule has 7 rings (SSSR count). The van der Waals surface area contributed by atoms with Crippen LogP contribution in [-0.2, 0) is 22.7 Å². The van der Waals surface area contributed by atoms with Crippen molar-refractivity contribution in [3.05, 3.63) is 105 Å². The first-order valence-electron chi connectivity index (χ1n) is 16.8. The number of carboxylic acid groups (broad SMARTS) is 1. The van der Waals surface area contributed by atoms with Crippen LogP contribution in [0.15, 0.2) is 77.9 Å². The number of benzene rings is 2. The fourth-order valence-electron chi connectivity index (χ4n) is 6.85. The second-order valence-electron chi connectivity index (χ2n) is 12.9. The van der Waals surface area contributed by atoms with Gasteiger partial charge in [-0.05, 0) is 43.1 Å². The summed E-state index contributed by atoms with van der Waals surface area (Å²) in [4.78, 5) is 47.6. The van der Waals surface area contributed by atoms with Gasteiger partial charge in [-0.15, -0.1) is 0 Å². The first-order chi connectivity index (χ1) is 24.7. The van der Waals surface area contributed by atoms with Gasteiger partial charge in [0.15, 0.2) is 0 Å². The van der Waals surface area contributed by atoms with E-state index in [1.54, 1.807) is 19.5 Å². The van der Waals surface area contributed by atoms with Gasteiger partial charge in [0.25, 0.3) is 5.56 Å². The van der Waals surface area contributed by atoms with Gasteiger partial charge in [0.2, 0.25) is 11.8 Å². The van der Waals surface area contributed by atoms with Crippen LogP contribution in [0.3, 0.4) is 0 Å². The van der Waals surface area contributed by atoms with Crippen LogP contribution in [0.25, 0.3) is 39.2 Å². The SMILES string of the molecule is COc1nc(-c2cccc(-c3cccc(-c4ccn5c(=O)c(CNCC6CCC(=O)N6)cnc5c4)c3Cl)c2Cl)ccc1CN1CCC(C(=O)O)C1. The van der Waals surface area contributed by atoms with Gasteiger partial charge in [0.05, 0.1) is 28.8 Å². The minimum Gasteiger partial charge on any atom is -0.481 e. The molecule has 2 saturated heterocycles. The molecule has 0 bridgehead atoms. The molecule has 0 radical (unpaired) electrons. The molecule has 0 saturated carbocycles. The Labute approximate surface area is 304 Å². The molecule has 5 heterocycles. The predicted molar refractivity (Wildman–Crippen MR) is 196 cm³/mol. The Hall–Kier alpha value is -4.81. The van der Waals surface area contributed by atoms with E-state index in [9.17, 15) is 19.5 Å². The number of nitrogens with one attached hydrogen (secondary N) is 2. The second kappa shape index (κ2) is 14.8. The number of aliphatic carboxylic acids is 1. The number of halogens is 2. The Kier molecular flexibility index (Phi) is 10.1. The number of rotatable bonds is 11. The van der Waals surface area contributed by atoms with Crippen LogP contribution in [0.1, 0.15) is 30.4 Å². The maximum absolute atomic E-state index is 13.3. The highest BCUT2D eigenvalue weighted by Crippen LogP contribution is 2.42. The average molecular weight is 728 g/mol. The number of ether oxygens (including phenoxy) is 1. The number of aromatic nitrogens is 3. The molecule has 2 fully saturated rings. The Morgan fingerprint density at radius 2 is 1.75 bits per heavy atom. The van der Waals surface area contributed by atoms with Crippen molar-refractivity contribution in [1.82, 2.24) is 29.9 Å². The lowest BCUT2D eigenvalue weighted by atomic mass is 9.97. The Bertz CT molecular complexity index is 2210. The Balaban J connectivity index is 1.12. The van der Waals surface area contributed by atoms with Crippen LogP contribution in [0.5, 0.6) is 5.88 Å². The lowest BCUT2D eigenvalue weighted by Gasteiger charge is -2.18. The molecule has 3 aromatic heterocycles. The van der Waals surface area contributed by atoms with Gasteiger partial charge in [-0.25, -0.2) is 9.97 Å². The minimum absolute atomic E-state index is 0.0568. The number of carbonyl (C=O) groups excluding carboxylic acids is 1. The first-order valence-corrected chi connectivity index (χ1v) is 17.5. The molecule has 11 nitrogen and oxygen atoms in total. The van der Waals surface area contributed by atoms with Crippen LogP contribution in [0.4, 0.5) is 0 Å². The molecule has 2 aliphatic heterocycles. The molecular formula is C38H36Cl2N6O5. The third kappa shape index (κ3) is 7.20. The van der Waals surface area contributed by atoms with E-state index in [-0.39, 0.29) is 23.4 Å². The third-order valence-electron chi connectivity index (χ3n) is 9.59. The number of nitrogens with zero attached hydrogens (tertiary/aromatic N) is 4. The normalized spacial score (nSPS) is 17.6. The number of pyridine rings is 2. The van der Waals surface area contributed by atoms with E-state index in [1.807, 2.05) is 60.7 Å². The maximum atomic E-state index is 13.3. The number of hydrogen-bond donors (Lipinski definition) is 3. The smallest absolute Gasteiger partial charge is 0.307 e. The monoisotopic (exact) mass is 726 g/mol. The van der Waals surface area contributed by atoms with Gasteiger partial charge in [-0.1, -0.05) is 65.7 Å². The third-order valence-corrected chi connectivity index (χ3v) is 10.4. The topological polar surface area (TPSA) is 138 Å². The highest BCUT2D eigenvalue weighted by molar-refractivity contribution is 6.39. The van der Waals surface area contributed by atoms with E-state index in [2.05, 4.69) is 20.5 Å². The van der Waals surface area contributed by atoms with Crippen LogP contribution in [0.2, 0.25) is 10.0 Å². The highest BCUT2D eigenvalue weighted by atomic mass is 35.5. The average Bonchev–Trinajstić information content (AvgIpc) is 3.78. The summed E-state index contributed by atoms with van der Waals surface area (Å²) in [5.74, 6) is -0.615. The van der Waals surface area contributed by atoms with Crippen molar-refractivity contribution in [2.24, 2.45) is 5.92 Å². The molecule has 13 heteroatoms. The molecule has 2 aliphatic rings. The fraction of sp³-hybridized carbons (Fsp3) is 0.289. The quantitative estimate of drug-likeness (QED) is 0.157. The molecule has 262 valence electrons. The van der Waals surface area contributed by atoms with E-state index in [1.165, 1.54) is 4.40 Å². The predicted octanol–water partition coefficient (Wildman–Crippen LogP) is 5.68. The van der Waals surface area contributed by atoms with Crippen molar-refractivity contribution in [2.45, 2.75) is 38.4 Å². The largest absolute Gasteiger partial charge is 0.481 e. The van der Waals surface area contributed by atoms with Crippen molar-refractivity contribution < 1.29 is 19.4 Å². The molecular weight excluding hydrogens is 691 g/mol. The van der Waals surface area contributed by atoms with Crippen molar-refractivity contribution in [3.8, 4) is 39.4 Å². The van der Waals surface area contributed by atoms with Crippen LogP contribution in [0, 0.1) is 5.92 Å². The van der Waals surface area contributed by atoms with Crippen molar-refractivity contribution in [1.29, 1.82) is 0 Å². The highest BCUT2D eigenvalue weighted by Gasteiger charge is 2.29. The van der Waals surface area contributed by atoms with Gasteiger partial charge in [0, 0.05) is 84.4 Å². The summed E-state index contributed by atoms with van der Waals surface area (Å²) >= 11 is 14.2. The molecule has 2 unspecified atom stereocenters. The molecule has 5 aromatic rings. The number of amides is 1. The van der Waals surface area contributed by atoms with Gasteiger partial charge in [-0.2, -0.15) is 0 Å². The van der Waals surface area contributed by atoms with Gasteiger partial charge in [0.1, 0.15) is 5.65 Å². The van der Waals surface area contributed by atoms with Gasteiger partial charge >= 0.3 is 5.97 Å². The molecule has 1 amide bonds. The van der Waals surface area contributed by atoms with E-state index >= 15 is 0 Å².